The maximum atomic E-state index is 13.3. The van der Waals surface area contributed by atoms with Crippen LogP contribution in [0.4, 0.5) is 4.39 Å². The molecule has 0 radical (unpaired) electrons. The SMILES string of the molecule is CCS(=O)(=O)c1ccc(CBr)cc1F. The van der Waals surface area contributed by atoms with Crippen LogP contribution in [0.25, 0.3) is 0 Å². The van der Waals surface area contributed by atoms with E-state index in [1.54, 1.807) is 6.07 Å². The molecule has 1 aromatic carbocycles. The lowest BCUT2D eigenvalue weighted by atomic mass is 10.2. The third kappa shape index (κ3) is 2.33. The number of hydrogen-bond acceptors (Lipinski definition) is 2. The van der Waals surface area contributed by atoms with E-state index in [9.17, 15) is 12.8 Å². The quantitative estimate of drug-likeness (QED) is 0.798. The molecule has 1 aromatic rings. The van der Waals surface area contributed by atoms with Crippen LogP contribution in [0, 0.1) is 5.82 Å². The molecule has 1 rings (SSSR count). The Bertz CT molecular complexity index is 428. The highest BCUT2D eigenvalue weighted by molar-refractivity contribution is 9.08. The van der Waals surface area contributed by atoms with Crippen molar-refractivity contribution in [1.82, 2.24) is 0 Å². The highest BCUT2D eigenvalue weighted by Gasteiger charge is 2.16. The van der Waals surface area contributed by atoms with E-state index in [0.29, 0.717) is 5.33 Å². The second-order valence-electron chi connectivity index (χ2n) is 2.80. The molecule has 0 unspecified atom stereocenters. The Morgan fingerprint density at radius 3 is 2.50 bits per heavy atom. The van der Waals surface area contributed by atoms with Crippen molar-refractivity contribution >= 4 is 25.8 Å². The van der Waals surface area contributed by atoms with Crippen molar-refractivity contribution in [3.05, 3.63) is 29.6 Å². The van der Waals surface area contributed by atoms with Gasteiger partial charge in [-0.3, -0.25) is 0 Å². The summed E-state index contributed by atoms with van der Waals surface area (Å²) in [4.78, 5) is -0.218. The molecule has 0 heterocycles. The van der Waals surface area contributed by atoms with Gasteiger partial charge in [-0.2, -0.15) is 0 Å². The molecule has 14 heavy (non-hydrogen) atoms. The fourth-order valence-electron chi connectivity index (χ4n) is 1.04. The molecule has 0 N–H and O–H groups in total. The average molecular weight is 281 g/mol. The molecular formula is C9H10BrFO2S. The molecule has 78 valence electrons. The van der Waals surface area contributed by atoms with E-state index in [4.69, 9.17) is 0 Å². The fourth-order valence-corrected chi connectivity index (χ4v) is 2.33. The van der Waals surface area contributed by atoms with Gasteiger partial charge >= 0.3 is 0 Å². The van der Waals surface area contributed by atoms with Gasteiger partial charge in [0.2, 0.25) is 0 Å². The standard InChI is InChI=1S/C9H10BrFO2S/c1-2-14(12,13)9-4-3-7(6-10)5-8(9)11/h3-5H,2,6H2,1H3. The van der Waals surface area contributed by atoms with Crippen molar-refractivity contribution in [3.63, 3.8) is 0 Å². The summed E-state index contributed by atoms with van der Waals surface area (Å²) in [7, 11) is -3.44. The molecule has 0 amide bonds. The molecule has 0 aromatic heterocycles. The Kier molecular flexibility index (Phi) is 3.66. The van der Waals surface area contributed by atoms with Gasteiger partial charge in [0.1, 0.15) is 10.7 Å². The number of alkyl halides is 1. The van der Waals surface area contributed by atoms with Crippen LogP contribution in [-0.2, 0) is 15.2 Å². The minimum absolute atomic E-state index is 0.0857. The van der Waals surface area contributed by atoms with Gasteiger partial charge in [-0.25, -0.2) is 12.8 Å². The van der Waals surface area contributed by atoms with Gasteiger partial charge in [0.05, 0.1) is 5.75 Å². The second-order valence-corrected chi connectivity index (χ2v) is 5.61. The molecular weight excluding hydrogens is 271 g/mol. The molecule has 0 fully saturated rings. The highest BCUT2D eigenvalue weighted by Crippen LogP contribution is 2.18. The van der Waals surface area contributed by atoms with Crippen LogP contribution in [0.2, 0.25) is 0 Å². The van der Waals surface area contributed by atoms with E-state index in [2.05, 4.69) is 15.9 Å². The van der Waals surface area contributed by atoms with E-state index >= 15 is 0 Å². The van der Waals surface area contributed by atoms with Gasteiger partial charge < -0.3 is 0 Å². The molecule has 2 nitrogen and oxygen atoms in total. The Balaban J connectivity index is 3.26. The zero-order valence-corrected chi connectivity index (χ0v) is 10.0. The van der Waals surface area contributed by atoms with Crippen molar-refractivity contribution in [2.45, 2.75) is 17.1 Å². The van der Waals surface area contributed by atoms with Crippen LogP contribution < -0.4 is 0 Å². The number of sulfone groups is 1. The Morgan fingerprint density at radius 1 is 1.43 bits per heavy atom. The van der Waals surface area contributed by atoms with Crippen LogP contribution >= 0.6 is 15.9 Å². The zero-order chi connectivity index (χ0) is 10.8. The molecule has 0 aliphatic carbocycles. The number of rotatable bonds is 3. The predicted molar refractivity (Wildman–Crippen MR) is 56.8 cm³/mol. The summed E-state index contributed by atoms with van der Waals surface area (Å²) < 4.78 is 36.1. The Hall–Kier alpha value is -0.420. The minimum Gasteiger partial charge on any atom is -0.224 e. The van der Waals surface area contributed by atoms with Crippen molar-refractivity contribution in [2.24, 2.45) is 0 Å². The molecule has 0 aliphatic rings. The Labute approximate surface area is 91.2 Å². The lowest BCUT2D eigenvalue weighted by Crippen LogP contribution is -2.06. The van der Waals surface area contributed by atoms with Crippen LogP contribution in [0.3, 0.4) is 0 Å². The summed E-state index contributed by atoms with van der Waals surface area (Å²) in [6, 6.07) is 4.14. The van der Waals surface area contributed by atoms with Gasteiger partial charge in [-0.15, -0.1) is 0 Å². The first-order valence-electron chi connectivity index (χ1n) is 4.08. The monoisotopic (exact) mass is 280 g/mol. The molecule has 5 heteroatoms. The van der Waals surface area contributed by atoms with E-state index in [1.165, 1.54) is 19.1 Å². The maximum absolute atomic E-state index is 13.3. The van der Waals surface area contributed by atoms with Crippen molar-refractivity contribution in [2.75, 3.05) is 5.75 Å². The van der Waals surface area contributed by atoms with Crippen LogP contribution in [0.5, 0.6) is 0 Å². The van der Waals surface area contributed by atoms with Gasteiger partial charge in [-0.05, 0) is 17.7 Å². The minimum atomic E-state index is -3.44. The van der Waals surface area contributed by atoms with E-state index in [1.807, 2.05) is 0 Å². The zero-order valence-electron chi connectivity index (χ0n) is 7.63. The molecule has 0 saturated heterocycles. The smallest absolute Gasteiger partial charge is 0.180 e. The van der Waals surface area contributed by atoms with E-state index < -0.39 is 15.7 Å². The summed E-state index contributed by atoms with van der Waals surface area (Å²) in [6.07, 6.45) is 0. The summed E-state index contributed by atoms with van der Waals surface area (Å²) in [5.41, 5.74) is 0.720. The second kappa shape index (κ2) is 4.40. The highest BCUT2D eigenvalue weighted by atomic mass is 79.9. The molecule has 0 bridgehead atoms. The summed E-state index contributed by atoms with van der Waals surface area (Å²) >= 11 is 3.17. The van der Waals surface area contributed by atoms with E-state index in [0.717, 1.165) is 5.56 Å². The van der Waals surface area contributed by atoms with Crippen LogP contribution in [-0.4, -0.2) is 14.2 Å². The summed E-state index contributed by atoms with van der Waals surface area (Å²) in [5, 5.41) is 0.510. The van der Waals surface area contributed by atoms with Gasteiger partial charge in [-0.1, -0.05) is 28.9 Å². The van der Waals surface area contributed by atoms with Gasteiger partial charge in [0.25, 0.3) is 0 Å². The van der Waals surface area contributed by atoms with Crippen molar-refractivity contribution < 1.29 is 12.8 Å². The third-order valence-electron chi connectivity index (χ3n) is 1.87. The maximum Gasteiger partial charge on any atom is 0.180 e. The largest absolute Gasteiger partial charge is 0.224 e. The normalized spacial score (nSPS) is 11.6. The average Bonchev–Trinajstić information content (AvgIpc) is 2.17. The number of halogens is 2. The first-order valence-corrected chi connectivity index (χ1v) is 6.85. The topological polar surface area (TPSA) is 34.1 Å². The van der Waals surface area contributed by atoms with Crippen LogP contribution in [0.15, 0.2) is 23.1 Å². The molecule has 0 saturated carbocycles. The fraction of sp³-hybridized carbons (Fsp3) is 0.333. The lowest BCUT2D eigenvalue weighted by molar-refractivity contribution is 0.567. The number of benzene rings is 1. The van der Waals surface area contributed by atoms with Crippen molar-refractivity contribution in [3.8, 4) is 0 Å². The third-order valence-corrected chi connectivity index (χ3v) is 4.27. The van der Waals surface area contributed by atoms with Gasteiger partial charge in [0, 0.05) is 5.33 Å². The van der Waals surface area contributed by atoms with Gasteiger partial charge in [0.15, 0.2) is 9.84 Å². The summed E-state index contributed by atoms with van der Waals surface area (Å²) in [6.45, 7) is 1.49. The molecule has 0 atom stereocenters. The van der Waals surface area contributed by atoms with Crippen LogP contribution in [0.1, 0.15) is 12.5 Å². The Morgan fingerprint density at radius 2 is 2.07 bits per heavy atom. The molecule has 0 spiro atoms. The number of hydrogen-bond donors (Lipinski definition) is 0. The first kappa shape index (κ1) is 11.7. The summed E-state index contributed by atoms with van der Waals surface area (Å²) in [5.74, 6) is -0.763. The van der Waals surface area contributed by atoms with E-state index in [-0.39, 0.29) is 10.6 Å². The predicted octanol–water partition coefficient (Wildman–Crippen LogP) is 2.51. The molecule has 0 aliphatic heterocycles. The first-order chi connectivity index (χ1) is 6.51. The van der Waals surface area contributed by atoms with Crippen molar-refractivity contribution in [1.29, 1.82) is 0 Å². The lowest BCUT2D eigenvalue weighted by Gasteiger charge is -2.04.